The molecule has 0 aromatic carbocycles. The van der Waals surface area contributed by atoms with Crippen LogP contribution in [0, 0.1) is 0 Å². The summed E-state index contributed by atoms with van der Waals surface area (Å²) in [6.07, 6.45) is 3.18. The second-order valence-corrected chi connectivity index (χ2v) is 3.18. The molecule has 5 nitrogen and oxygen atoms in total. The molecule has 0 fully saturated rings. The first-order chi connectivity index (χ1) is 7.04. The molecule has 1 aromatic rings. The van der Waals surface area contributed by atoms with Crippen LogP contribution < -0.4 is 5.73 Å². The van der Waals surface area contributed by atoms with E-state index in [4.69, 9.17) is 10.5 Å². The normalized spacial score (nSPS) is 11.5. The van der Waals surface area contributed by atoms with E-state index in [1.165, 1.54) is 6.08 Å². The van der Waals surface area contributed by atoms with E-state index in [1.807, 2.05) is 0 Å². The van der Waals surface area contributed by atoms with Gasteiger partial charge in [-0.1, -0.05) is 0 Å². The van der Waals surface area contributed by atoms with Gasteiger partial charge in [-0.05, 0) is 19.4 Å². The number of hydrogen-bond donors (Lipinski definition) is 1. The largest absolute Gasteiger partial charge is 0.463 e. The number of nitrogen functional groups attached to an aromatic ring is 1. The van der Waals surface area contributed by atoms with Crippen LogP contribution in [0.25, 0.3) is 5.57 Å². The summed E-state index contributed by atoms with van der Waals surface area (Å²) in [5, 5.41) is 3.99. The highest BCUT2D eigenvalue weighted by Gasteiger charge is 2.07. The summed E-state index contributed by atoms with van der Waals surface area (Å²) < 4.78 is 6.40. The lowest BCUT2D eigenvalue weighted by atomic mass is 10.1. The summed E-state index contributed by atoms with van der Waals surface area (Å²) in [6, 6.07) is 0. The van der Waals surface area contributed by atoms with Crippen molar-refractivity contribution in [2.75, 3.05) is 12.3 Å². The number of aryl methyl sites for hydroxylation is 1. The third kappa shape index (κ3) is 2.83. The third-order valence-corrected chi connectivity index (χ3v) is 1.90. The van der Waals surface area contributed by atoms with Gasteiger partial charge in [0.15, 0.2) is 5.82 Å². The minimum Gasteiger partial charge on any atom is -0.463 e. The number of esters is 1. The van der Waals surface area contributed by atoms with Crippen LogP contribution >= 0.6 is 0 Å². The Labute approximate surface area is 88.5 Å². The Balaban J connectivity index is 2.88. The van der Waals surface area contributed by atoms with Crippen molar-refractivity contribution in [2.45, 2.75) is 13.8 Å². The molecule has 1 aromatic heterocycles. The molecule has 0 radical (unpaired) electrons. The molecule has 15 heavy (non-hydrogen) atoms. The van der Waals surface area contributed by atoms with Gasteiger partial charge in [0, 0.05) is 24.9 Å². The number of allylic oxidation sites excluding steroid dienone is 1. The molecular formula is C10H15N3O2. The maximum Gasteiger partial charge on any atom is 0.331 e. The molecule has 0 saturated carbocycles. The first-order valence-electron chi connectivity index (χ1n) is 4.69. The summed E-state index contributed by atoms with van der Waals surface area (Å²) >= 11 is 0. The van der Waals surface area contributed by atoms with Crippen LogP contribution in [0.5, 0.6) is 0 Å². The molecule has 1 heterocycles. The Bertz CT molecular complexity index is 393. The monoisotopic (exact) mass is 209 g/mol. The van der Waals surface area contributed by atoms with Crippen molar-refractivity contribution >= 4 is 17.4 Å². The summed E-state index contributed by atoms with van der Waals surface area (Å²) in [7, 11) is 1.78. The average Bonchev–Trinajstić information content (AvgIpc) is 2.45. The SMILES string of the molecule is CCOC(=O)/C=C(\C)c1cn(C)nc1N. The number of rotatable bonds is 3. The Hall–Kier alpha value is -1.78. The van der Waals surface area contributed by atoms with Gasteiger partial charge in [0.05, 0.1) is 6.61 Å². The number of hydrogen-bond acceptors (Lipinski definition) is 4. The zero-order valence-electron chi connectivity index (χ0n) is 9.15. The average molecular weight is 209 g/mol. The van der Waals surface area contributed by atoms with Gasteiger partial charge in [-0.15, -0.1) is 0 Å². The van der Waals surface area contributed by atoms with Gasteiger partial charge in [-0.25, -0.2) is 4.79 Å². The lowest BCUT2D eigenvalue weighted by molar-refractivity contribution is -0.137. The minimum atomic E-state index is -0.363. The minimum absolute atomic E-state index is 0.363. The zero-order chi connectivity index (χ0) is 11.4. The van der Waals surface area contributed by atoms with Gasteiger partial charge in [-0.2, -0.15) is 5.10 Å². The highest BCUT2D eigenvalue weighted by atomic mass is 16.5. The van der Waals surface area contributed by atoms with Crippen molar-refractivity contribution in [2.24, 2.45) is 7.05 Å². The number of anilines is 1. The van der Waals surface area contributed by atoms with Gasteiger partial charge in [-0.3, -0.25) is 4.68 Å². The van der Waals surface area contributed by atoms with Crippen LogP contribution in [0.3, 0.4) is 0 Å². The van der Waals surface area contributed by atoms with Crippen molar-refractivity contribution in [3.8, 4) is 0 Å². The van der Waals surface area contributed by atoms with E-state index in [0.717, 1.165) is 11.1 Å². The Morgan fingerprint density at radius 2 is 2.40 bits per heavy atom. The lowest BCUT2D eigenvalue weighted by Crippen LogP contribution is -2.00. The fourth-order valence-electron chi connectivity index (χ4n) is 1.25. The second kappa shape index (κ2) is 4.63. The predicted octanol–water partition coefficient (Wildman–Crippen LogP) is 0.969. The highest BCUT2D eigenvalue weighted by molar-refractivity contribution is 5.92. The molecule has 0 spiro atoms. The maximum absolute atomic E-state index is 11.2. The molecule has 0 aliphatic rings. The Kier molecular flexibility index (Phi) is 3.49. The van der Waals surface area contributed by atoms with Crippen LogP contribution in [0.2, 0.25) is 0 Å². The van der Waals surface area contributed by atoms with E-state index >= 15 is 0 Å². The number of nitrogens with two attached hydrogens (primary N) is 1. The quantitative estimate of drug-likeness (QED) is 0.594. The fraction of sp³-hybridized carbons (Fsp3) is 0.400. The van der Waals surface area contributed by atoms with Crippen LogP contribution in [0.15, 0.2) is 12.3 Å². The van der Waals surface area contributed by atoms with Crippen molar-refractivity contribution < 1.29 is 9.53 Å². The van der Waals surface area contributed by atoms with Crippen molar-refractivity contribution in [1.29, 1.82) is 0 Å². The standard InChI is InChI=1S/C10H15N3O2/c1-4-15-9(14)5-7(2)8-6-13(3)12-10(8)11/h5-6H,4H2,1-3H3,(H2,11,12)/b7-5+. The topological polar surface area (TPSA) is 70.1 Å². The van der Waals surface area contributed by atoms with E-state index in [9.17, 15) is 4.79 Å². The number of carbonyl (C=O) groups is 1. The predicted molar refractivity (Wildman–Crippen MR) is 57.9 cm³/mol. The molecule has 1 rings (SSSR count). The van der Waals surface area contributed by atoms with E-state index in [0.29, 0.717) is 12.4 Å². The number of ether oxygens (including phenoxy) is 1. The van der Waals surface area contributed by atoms with Crippen LogP contribution in [0.1, 0.15) is 19.4 Å². The van der Waals surface area contributed by atoms with Crippen LogP contribution in [-0.4, -0.2) is 22.4 Å². The first kappa shape index (κ1) is 11.3. The summed E-state index contributed by atoms with van der Waals surface area (Å²) in [4.78, 5) is 11.2. The molecule has 0 saturated heterocycles. The van der Waals surface area contributed by atoms with Gasteiger partial charge in [0.1, 0.15) is 0 Å². The molecule has 5 heteroatoms. The summed E-state index contributed by atoms with van der Waals surface area (Å²) in [5.74, 6) is 0.0498. The van der Waals surface area contributed by atoms with E-state index in [2.05, 4.69) is 5.10 Å². The molecular weight excluding hydrogens is 194 g/mol. The second-order valence-electron chi connectivity index (χ2n) is 3.18. The summed E-state index contributed by atoms with van der Waals surface area (Å²) in [6.45, 7) is 3.93. The molecule has 0 atom stereocenters. The zero-order valence-corrected chi connectivity index (χ0v) is 9.15. The van der Waals surface area contributed by atoms with Crippen molar-refractivity contribution in [3.05, 3.63) is 17.8 Å². The molecule has 0 aliphatic heterocycles. The van der Waals surface area contributed by atoms with Crippen molar-refractivity contribution in [3.63, 3.8) is 0 Å². The van der Waals surface area contributed by atoms with Crippen molar-refractivity contribution in [1.82, 2.24) is 9.78 Å². The molecule has 82 valence electrons. The first-order valence-corrected chi connectivity index (χ1v) is 4.69. The van der Waals surface area contributed by atoms with Gasteiger partial charge < -0.3 is 10.5 Å². The number of nitrogens with zero attached hydrogens (tertiary/aromatic N) is 2. The van der Waals surface area contributed by atoms with E-state index < -0.39 is 0 Å². The van der Waals surface area contributed by atoms with Gasteiger partial charge >= 0.3 is 5.97 Å². The molecule has 0 amide bonds. The van der Waals surface area contributed by atoms with Gasteiger partial charge in [0.25, 0.3) is 0 Å². The molecule has 2 N–H and O–H groups in total. The maximum atomic E-state index is 11.2. The third-order valence-electron chi connectivity index (χ3n) is 1.90. The Morgan fingerprint density at radius 1 is 1.73 bits per heavy atom. The number of carbonyl (C=O) groups excluding carboxylic acids is 1. The smallest absolute Gasteiger partial charge is 0.331 e. The molecule has 0 unspecified atom stereocenters. The van der Waals surface area contributed by atoms with Crippen LogP contribution in [0.4, 0.5) is 5.82 Å². The fourth-order valence-corrected chi connectivity index (χ4v) is 1.25. The summed E-state index contributed by atoms with van der Waals surface area (Å²) in [5.41, 5.74) is 7.17. The van der Waals surface area contributed by atoms with Gasteiger partial charge in [0.2, 0.25) is 0 Å². The molecule has 0 bridgehead atoms. The molecule has 0 aliphatic carbocycles. The lowest BCUT2D eigenvalue weighted by Gasteiger charge is -1.99. The van der Waals surface area contributed by atoms with E-state index in [-0.39, 0.29) is 5.97 Å². The Morgan fingerprint density at radius 3 is 2.87 bits per heavy atom. The van der Waals surface area contributed by atoms with Crippen LogP contribution in [-0.2, 0) is 16.6 Å². The van der Waals surface area contributed by atoms with E-state index in [1.54, 1.807) is 31.8 Å². The number of aromatic nitrogens is 2. The highest BCUT2D eigenvalue weighted by Crippen LogP contribution is 2.18.